The first-order valence-corrected chi connectivity index (χ1v) is 6.85. The lowest BCUT2D eigenvalue weighted by molar-refractivity contribution is 0.168. The van der Waals surface area contributed by atoms with Gasteiger partial charge in [-0.05, 0) is 30.7 Å². The maximum absolute atomic E-state index is 5.93. The van der Waals surface area contributed by atoms with E-state index in [4.69, 9.17) is 15.2 Å². The molecule has 5 heteroatoms. The number of nitrogens with two attached hydrogens (primary N) is 1. The molecule has 1 aromatic carbocycles. The van der Waals surface area contributed by atoms with E-state index >= 15 is 0 Å². The largest absolute Gasteiger partial charge is 0.490 e. The zero-order valence-electron chi connectivity index (χ0n) is 10.3. The highest BCUT2D eigenvalue weighted by Gasteiger charge is 2.21. The number of amidine groups is 1. The number of benzene rings is 1. The zero-order valence-corrected chi connectivity index (χ0v) is 11.9. The van der Waals surface area contributed by atoms with Gasteiger partial charge < -0.3 is 15.2 Å². The Hall–Kier alpha value is -1.23. The molecule has 0 fully saturated rings. The van der Waals surface area contributed by atoms with Gasteiger partial charge in [-0.2, -0.15) is 0 Å². The van der Waals surface area contributed by atoms with E-state index in [1.54, 1.807) is 0 Å². The molecule has 1 aromatic rings. The van der Waals surface area contributed by atoms with E-state index in [1.165, 1.54) is 0 Å². The van der Waals surface area contributed by atoms with Crippen molar-refractivity contribution in [3.05, 3.63) is 28.7 Å². The Bertz CT molecular complexity index is 420. The number of rotatable bonds is 5. The first-order chi connectivity index (χ1) is 8.67. The third-order valence-corrected chi connectivity index (χ3v) is 3.37. The lowest BCUT2D eigenvalue weighted by Gasteiger charge is -2.19. The molecule has 1 aliphatic rings. The second-order valence-corrected chi connectivity index (χ2v) is 5.19. The van der Waals surface area contributed by atoms with Crippen LogP contribution in [0.4, 0.5) is 0 Å². The first kappa shape index (κ1) is 13.2. The molecule has 2 rings (SSSR count). The summed E-state index contributed by atoms with van der Waals surface area (Å²) in [5, 5.41) is 0. The summed E-state index contributed by atoms with van der Waals surface area (Å²) >= 11 is 3.40. The van der Waals surface area contributed by atoms with Gasteiger partial charge in [0.05, 0.1) is 6.04 Å². The topological polar surface area (TPSA) is 56.8 Å². The van der Waals surface area contributed by atoms with Crippen LogP contribution in [0.2, 0.25) is 0 Å². The first-order valence-electron chi connectivity index (χ1n) is 6.05. The van der Waals surface area contributed by atoms with Crippen molar-refractivity contribution < 1.29 is 9.47 Å². The third kappa shape index (κ3) is 3.63. The Balaban J connectivity index is 1.91. The van der Waals surface area contributed by atoms with Gasteiger partial charge in [0.1, 0.15) is 18.5 Å². The SMILES string of the molecule is CCC(C[C@H]1COC(N)=N1)Oc1ccc(Br)cc1. The highest BCUT2D eigenvalue weighted by atomic mass is 79.9. The zero-order chi connectivity index (χ0) is 13.0. The van der Waals surface area contributed by atoms with Crippen LogP contribution in [0.25, 0.3) is 0 Å². The van der Waals surface area contributed by atoms with E-state index in [-0.39, 0.29) is 12.1 Å². The molecule has 1 unspecified atom stereocenters. The fraction of sp³-hybridized carbons (Fsp3) is 0.462. The average molecular weight is 313 g/mol. The van der Waals surface area contributed by atoms with Gasteiger partial charge in [-0.1, -0.05) is 22.9 Å². The molecule has 0 aliphatic carbocycles. The summed E-state index contributed by atoms with van der Waals surface area (Å²) in [6.45, 7) is 2.67. The lowest BCUT2D eigenvalue weighted by atomic mass is 10.1. The molecule has 1 aliphatic heterocycles. The van der Waals surface area contributed by atoms with Gasteiger partial charge in [0.25, 0.3) is 6.02 Å². The molecule has 0 radical (unpaired) electrons. The molecule has 0 aromatic heterocycles. The van der Waals surface area contributed by atoms with E-state index in [9.17, 15) is 0 Å². The fourth-order valence-electron chi connectivity index (χ4n) is 1.86. The minimum atomic E-state index is 0.116. The number of aliphatic imine (C=N–C) groups is 1. The van der Waals surface area contributed by atoms with Gasteiger partial charge in [0.15, 0.2) is 0 Å². The summed E-state index contributed by atoms with van der Waals surface area (Å²) in [7, 11) is 0. The number of hydrogen-bond acceptors (Lipinski definition) is 4. The molecule has 0 amide bonds. The number of ether oxygens (including phenoxy) is 2. The number of halogens is 1. The molecular formula is C13H17BrN2O2. The molecular weight excluding hydrogens is 296 g/mol. The molecule has 2 atom stereocenters. The Labute approximate surface area is 115 Å². The maximum Gasteiger partial charge on any atom is 0.282 e. The van der Waals surface area contributed by atoms with Crippen molar-refractivity contribution in [2.45, 2.75) is 31.9 Å². The molecule has 18 heavy (non-hydrogen) atoms. The summed E-state index contributed by atoms with van der Waals surface area (Å²) in [6.07, 6.45) is 1.89. The van der Waals surface area contributed by atoms with Gasteiger partial charge in [-0.3, -0.25) is 0 Å². The summed E-state index contributed by atoms with van der Waals surface area (Å²) in [6, 6.07) is 8.25. The van der Waals surface area contributed by atoms with E-state index in [0.29, 0.717) is 12.6 Å². The van der Waals surface area contributed by atoms with Crippen molar-refractivity contribution >= 4 is 22.0 Å². The smallest absolute Gasteiger partial charge is 0.282 e. The molecule has 0 saturated carbocycles. The van der Waals surface area contributed by atoms with Crippen molar-refractivity contribution in [3.8, 4) is 5.75 Å². The van der Waals surface area contributed by atoms with Crippen LogP contribution in [-0.4, -0.2) is 24.8 Å². The van der Waals surface area contributed by atoms with Crippen LogP contribution in [0.15, 0.2) is 33.7 Å². The average Bonchev–Trinajstić information content (AvgIpc) is 2.77. The standard InChI is InChI=1S/C13H17BrN2O2/c1-2-11(7-10-8-17-13(15)16-10)18-12-5-3-9(14)4-6-12/h3-6,10-11H,2,7-8H2,1H3,(H2,15,16)/t10-,11?/m0/s1. The highest BCUT2D eigenvalue weighted by Crippen LogP contribution is 2.21. The Kier molecular flexibility index (Phi) is 4.47. The van der Waals surface area contributed by atoms with Crippen LogP contribution < -0.4 is 10.5 Å². The van der Waals surface area contributed by atoms with Crippen LogP contribution in [0.3, 0.4) is 0 Å². The minimum Gasteiger partial charge on any atom is -0.490 e. The van der Waals surface area contributed by atoms with Gasteiger partial charge in [-0.15, -0.1) is 0 Å². The predicted molar refractivity (Wildman–Crippen MR) is 74.8 cm³/mol. The molecule has 98 valence electrons. The Morgan fingerprint density at radius 1 is 1.50 bits per heavy atom. The predicted octanol–water partition coefficient (Wildman–Crippen LogP) is 2.71. The Morgan fingerprint density at radius 2 is 2.22 bits per heavy atom. The highest BCUT2D eigenvalue weighted by molar-refractivity contribution is 9.10. The maximum atomic E-state index is 5.93. The molecule has 0 spiro atoms. The van der Waals surface area contributed by atoms with E-state index in [0.717, 1.165) is 23.1 Å². The summed E-state index contributed by atoms with van der Waals surface area (Å²) in [4.78, 5) is 4.22. The second kappa shape index (κ2) is 6.09. The van der Waals surface area contributed by atoms with Gasteiger partial charge in [0, 0.05) is 10.9 Å². The van der Waals surface area contributed by atoms with Gasteiger partial charge in [-0.25, -0.2) is 4.99 Å². The minimum absolute atomic E-state index is 0.116. The second-order valence-electron chi connectivity index (χ2n) is 4.27. The van der Waals surface area contributed by atoms with Crippen LogP contribution in [0.5, 0.6) is 5.75 Å². The van der Waals surface area contributed by atoms with Crippen molar-refractivity contribution in [1.82, 2.24) is 0 Å². The van der Waals surface area contributed by atoms with Crippen LogP contribution in [-0.2, 0) is 4.74 Å². The summed E-state index contributed by atoms with van der Waals surface area (Å²) < 4.78 is 12.1. The molecule has 4 nitrogen and oxygen atoms in total. The van der Waals surface area contributed by atoms with Crippen LogP contribution in [0, 0.1) is 0 Å². The summed E-state index contributed by atoms with van der Waals surface area (Å²) in [5.41, 5.74) is 5.49. The van der Waals surface area contributed by atoms with E-state index < -0.39 is 0 Å². The monoisotopic (exact) mass is 312 g/mol. The molecule has 1 heterocycles. The normalized spacial score (nSPS) is 20.1. The van der Waals surface area contributed by atoms with Crippen molar-refractivity contribution in [3.63, 3.8) is 0 Å². The molecule has 2 N–H and O–H groups in total. The number of nitrogens with zero attached hydrogens (tertiary/aromatic N) is 1. The lowest BCUT2D eigenvalue weighted by Crippen LogP contribution is -2.22. The fourth-order valence-corrected chi connectivity index (χ4v) is 2.13. The van der Waals surface area contributed by atoms with E-state index in [1.807, 2.05) is 24.3 Å². The van der Waals surface area contributed by atoms with Crippen LogP contribution in [0.1, 0.15) is 19.8 Å². The Morgan fingerprint density at radius 3 is 2.78 bits per heavy atom. The van der Waals surface area contributed by atoms with Gasteiger partial charge >= 0.3 is 0 Å². The van der Waals surface area contributed by atoms with E-state index in [2.05, 4.69) is 27.8 Å². The molecule has 0 saturated heterocycles. The molecule has 0 bridgehead atoms. The van der Waals surface area contributed by atoms with Gasteiger partial charge in [0.2, 0.25) is 0 Å². The third-order valence-electron chi connectivity index (χ3n) is 2.84. The quantitative estimate of drug-likeness (QED) is 0.909. The van der Waals surface area contributed by atoms with Crippen molar-refractivity contribution in [2.24, 2.45) is 10.7 Å². The number of hydrogen-bond donors (Lipinski definition) is 1. The summed E-state index contributed by atoms with van der Waals surface area (Å²) in [5.74, 6) is 0.876. The van der Waals surface area contributed by atoms with Crippen molar-refractivity contribution in [1.29, 1.82) is 0 Å². The van der Waals surface area contributed by atoms with Crippen molar-refractivity contribution in [2.75, 3.05) is 6.61 Å². The van der Waals surface area contributed by atoms with Crippen LogP contribution >= 0.6 is 15.9 Å².